The van der Waals surface area contributed by atoms with Crippen molar-refractivity contribution in [2.24, 2.45) is 5.92 Å². The van der Waals surface area contributed by atoms with Crippen LogP contribution in [0.5, 0.6) is 5.75 Å². The fourth-order valence-corrected chi connectivity index (χ4v) is 3.97. The van der Waals surface area contributed by atoms with E-state index < -0.39 is 0 Å². The van der Waals surface area contributed by atoms with Crippen LogP contribution in [0.15, 0.2) is 28.7 Å². The van der Waals surface area contributed by atoms with Crippen molar-refractivity contribution in [1.82, 2.24) is 15.3 Å². The summed E-state index contributed by atoms with van der Waals surface area (Å²) in [5.41, 5.74) is 3.13. The molecule has 3 heterocycles. The molecule has 0 saturated carbocycles. The number of β-amino-alcohol motifs (C(OH)–C–C–N with tert-alkyl or cyclic N) is 1. The van der Waals surface area contributed by atoms with Gasteiger partial charge in [-0.3, -0.25) is 0 Å². The number of pyridine rings is 1. The van der Waals surface area contributed by atoms with Crippen molar-refractivity contribution in [3.8, 4) is 17.0 Å². The Kier molecular flexibility index (Phi) is 5.39. The number of hydrogen-bond acceptors (Lipinski definition) is 7. The zero-order chi connectivity index (χ0) is 19.7. The number of oxazole rings is 1. The van der Waals surface area contributed by atoms with Gasteiger partial charge in [-0.1, -0.05) is 11.6 Å². The van der Waals surface area contributed by atoms with E-state index in [1.54, 1.807) is 18.2 Å². The van der Waals surface area contributed by atoms with E-state index in [0.717, 1.165) is 24.9 Å². The van der Waals surface area contributed by atoms with Crippen LogP contribution in [0.1, 0.15) is 18.4 Å². The second-order valence-electron chi connectivity index (χ2n) is 7.28. The van der Waals surface area contributed by atoms with Gasteiger partial charge in [0.2, 0.25) is 5.65 Å². The highest BCUT2D eigenvalue weighted by Gasteiger charge is 2.19. The summed E-state index contributed by atoms with van der Waals surface area (Å²) in [5.74, 6) is 0.517. The molecule has 4 rings (SSSR count). The zero-order valence-electron chi connectivity index (χ0n) is 15.6. The number of fused-ring (bicyclic) bond motifs is 1. The largest absolute Gasteiger partial charge is 0.507 e. The van der Waals surface area contributed by atoms with Gasteiger partial charge in [-0.25, -0.2) is 4.98 Å². The van der Waals surface area contributed by atoms with Crippen LogP contribution >= 0.6 is 11.6 Å². The van der Waals surface area contributed by atoms with Crippen molar-refractivity contribution in [1.29, 1.82) is 0 Å². The maximum absolute atomic E-state index is 10.3. The second-order valence-corrected chi connectivity index (χ2v) is 7.72. The molecule has 1 saturated heterocycles. The maximum atomic E-state index is 10.3. The maximum Gasteiger partial charge on any atom is 0.297 e. The Labute approximate surface area is 167 Å². The Balaban J connectivity index is 1.48. The predicted octanol–water partition coefficient (Wildman–Crippen LogP) is 3.33. The Hall–Kier alpha value is -2.35. The summed E-state index contributed by atoms with van der Waals surface area (Å²) >= 11 is 5.99. The fraction of sp³-hybridized carbons (Fsp3) is 0.400. The molecular weight excluding hydrogens is 380 g/mol. The quantitative estimate of drug-likeness (QED) is 0.519. The Morgan fingerprint density at radius 2 is 2.14 bits per heavy atom. The van der Waals surface area contributed by atoms with Crippen molar-refractivity contribution in [3.05, 3.63) is 34.9 Å². The first-order chi connectivity index (χ1) is 13.5. The van der Waals surface area contributed by atoms with E-state index in [-0.39, 0.29) is 11.9 Å². The molecule has 2 atom stereocenters. The smallest absolute Gasteiger partial charge is 0.297 e. The monoisotopic (exact) mass is 402 g/mol. The molecule has 1 fully saturated rings. The Morgan fingerprint density at radius 1 is 1.29 bits per heavy atom. The van der Waals surface area contributed by atoms with Gasteiger partial charge in [-0.2, -0.15) is 4.98 Å². The number of aliphatic hydroxyl groups is 1. The van der Waals surface area contributed by atoms with Crippen molar-refractivity contribution in [3.63, 3.8) is 0 Å². The molecule has 0 spiro atoms. The first kappa shape index (κ1) is 19.0. The topological polar surface area (TPSA) is 103 Å². The van der Waals surface area contributed by atoms with Crippen LogP contribution in [-0.2, 0) is 0 Å². The molecule has 1 aromatic carbocycles. The summed E-state index contributed by atoms with van der Waals surface area (Å²) in [4.78, 5) is 8.95. The number of phenols is 1. The van der Waals surface area contributed by atoms with E-state index in [0.29, 0.717) is 52.5 Å². The SMILES string of the molecule is Cc1cc(Cl)cc(O)c1-c1ccc2oc(NCC[C@H]3CNCC(O)C3)nc2n1. The lowest BCUT2D eigenvalue weighted by atomic mass is 9.94. The number of halogens is 1. The molecule has 0 amide bonds. The van der Waals surface area contributed by atoms with Gasteiger partial charge in [0.05, 0.1) is 11.8 Å². The molecule has 1 aliphatic heterocycles. The molecular formula is C20H23ClN4O3. The van der Waals surface area contributed by atoms with Gasteiger partial charge >= 0.3 is 0 Å². The van der Waals surface area contributed by atoms with Gasteiger partial charge in [0.15, 0.2) is 5.58 Å². The minimum absolute atomic E-state index is 0.0852. The molecule has 3 aromatic rings. The average Bonchev–Trinajstić information content (AvgIpc) is 3.03. The van der Waals surface area contributed by atoms with Gasteiger partial charge in [0.1, 0.15) is 5.75 Å². The minimum atomic E-state index is -0.265. The number of nitrogens with one attached hydrogen (secondary N) is 2. The highest BCUT2D eigenvalue weighted by molar-refractivity contribution is 6.31. The predicted molar refractivity (Wildman–Crippen MR) is 109 cm³/mol. The molecule has 0 aliphatic carbocycles. The molecule has 7 nitrogen and oxygen atoms in total. The summed E-state index contributed by atoms with van der Waals surface area (Å²) in [6.45, 7) is 4.17. The molecule has 8 heteroatoms. The van der Waals surface area contributed by atoms with Crippen LogP contribution in [0.4, 0.5) is 6.01 Å². The Morgan fingerprint density at radius 3 is 2.93 bits per heavy atom. The molecule has 0 radical (unpaired) electrons. The highest BCUT2D eigenvalue weighted by Crippen LogP contribution is 2.35. The van der Waals surface area contributed by atoms with Crippen molar-refractivity contribution >= 4 is 28.8 Å². The third kappa shape index (κ3) is 4.06. The number of phenolic OH excluding ortho intramolecular Hbond substituents is 1. The van der Waals surface area contributed by atoms with Gasteiger partial charge in [-0.05, 0) is 62.1 Å². The van der Waals surface area contributed by atoms with Gasteiger partial charge in [0.25, 0.3) is 6.01 Å². The number of aromatic nitrogens is 2. The summed E-state index contributed by atoms with van der Waals surface area (Å²) in [6.07, 6.45) is 1.47. The average molecular weight is 403 g/mol. The first-order valence-electron chi connectivity index (χ1n) is 9.39. The number of nitrogens with zero attached hydrogens (tertiary/aromatic N) is 2. The summed E-state index contributed by atoms with van der Waals surface area (Å²) in [7, 11) is 0. The van der Waals surface area contributed by atoms with Crippen LogP contribution < -0.4 is 10.6 Å². The molecule has 1 unspecified atom stereocenters. The number of hydrogen-bond donors (Lipinski definition) is 4. The molecule has 4 N–H and O–H groups in total. The lowest BCUT2D eigenvalue weighted by Gasteiger charge is -2.26. The van der Waals surface area contributed by atoms with E-state index in [2.05, 4.69) is 20.6 Å². The highest BCUT2D eigenvalue weighted by atomic mass is 35.5. The fourth-order valence-electron chi connectivity index (χ4n) is 3.70. The van der Waals surface area contributed by atoms with E-state index in [4.69, 9.17) is 16.0 Å². The summed E-state index contributed by atoms with van der Waals surface area (Å²) < 4.78 is 5.72. The van der Waals surface area contributed by atoms with Crippen LogP contribution in [0.2, 0.25) is 5.02 Å². The van der Waals surface area contributed by atoms with Gasteiger partial charge in [0, 0.05) is 23.7 Å². The molecule has 28 heavy (non-hydrogen) atoms. The third-order valence-electron chi connectivity index (χ3n) is 5.04. The number of rotatable bonds is 5. The van der Waals surface area contributed by atoms with Crippen LogP contribution in [0.25, 0.3) is 22.5 Å². The van der Waals surface area contributed by atoms with E-state index in [1.165, 1.54) is 6.07 Å². The number of anilines is 1. The van der Waals surface area contributed by atoms with Crippen molar-refractivity contribution in [2.75, 3.05) is 25.0 Å². The standard InChI is InChI=1S/C20H23ClN4O3/c1-11-6-13(21)8-16(27)18(11)15-2-3-17-19(24-15)25-20(28-17)23-5-4-12-7-14(26)10-22-9-12/h2-3,6,8,12,14,22,26-27H,4-5,7,9-10H2,1H3,(H,23,24,25)/t12-,14?/m1/s1. The summed E-state index contributed by atoms with van der Waals surface area (Å²) in [6, 6.07) is 7.30. The molecule has 148 valence electrons. The number of aromatic hydroxyl groups is 1. The third-order valence-corrected chi connectivity index (χ3v) is 5.25. The van der Waals surface area contributed by atoms with E-state index in [9.17, 15) is 10.2 Å². The number of piperidine rings is 1. The van der Waals surface area contributed by atoms with Crippen LogP contribution in [0, 0.1) is 12.8 Å². The van der Waals surface area contributed by atoms with Gasteiger partial charge < -0.3 is 25.3 Å². The van der Waals surface area contributed by atoms with E-state index in [1.807, 2.05) is 6.92 Å². The van der Waals surface area contributed by atoms with Crippen LogP contribution in [0.3, 0.4) is 0 Å². The molecule has 2 aromatic heterocycles. The summed E-state index contributed by atoms with van der Waals surface area (Å²) in [5, 5.41) is 26.9. The normalized spacial score (nSPS) is 19.8. The first-order valence-corrected chi connectivity index (χ1v) is 9.77. The Bertz CT molecular complexity index is 968. The van der Waals surface area contributed by atoms with Crippen molar-refractivity contribution in [2.45, 2.75) is 25.9 Å². The molecule has 1 aliphatic rings. The lowest BCUT2D eigenvalue weighted by molar-refractivity contribution is 0.112. The lowest BCUT2D eigenvalue weighted by Crippen LogP contribution is -2.39. The number of aliphatic hydroxyl groups excluding tert-OH is 1. The second kappa shape index (κ2) is 7.95. The zero-order valence-corrected chi connectivity index (χ0v) is 16.3. The number of aryl methyl sites for hydroxylation is 1. The minimum Gasteiger partial charge on any atom is -0.507 e. The molecule has 0 bridgehead atoms. The van der Waals surface area contributed by atoms with Crippen molar-refractivity contribution < 1.29 is 14.6 Å². The van der Waals surface area contributed by atoms with Gasteiger partial charge in [-0.15, -0.1) is 0 Å². The van der Waals surface area contributed by atoms with E-state index >= 15 is 0 Å². The number of benzene rings is 1. The van der Waals surface area contributed by atoms with Crippen LogP contribution in [-0.4, -0.2) is 45.9 Å².